The van der Waals surface area contributed by atoms with Gasteiger partial charge in [-0.3, -0.25) is 9.48 Å². The summed E-state index contributed by atoms with van der Waals surface area (Å²) in [5.74, 6) is 0.993. The summed E-state index contributed by atoms with van der Waals surface area (Å²) in [4.78, 5) is 12.1. The predicted octanol–water partition coefficient (Wildman–Crippen LogP) is 2.65. The number of rotatable bonds is 4. The van der Waals surface area contributed by atoms with Gasteiger partial charge in [-0.05, 0) is 37.5 Å². The fraction of sp³-hybridized carbons (Fsp3) is 0.375. The van der Waals surface area contributed by atoms with Crippen LogP contribution in [0.3, 0.4) is 0 Å². The van der Waals surface area contributed by atoms with Crippen LogP contribution in [0.5, 0.6) is 0 Å². The van der Waals surface area contributed by atoms with Gasteiger partial charge in [0.15, 0.2) is 5.76 Å². The quantitative estimate of drug-likeness (QED) is 0.879. The lowest BCUT2D eigenvalue weighted by atomic mass is 9.94. The van der Waals surface area contributed by atoms with E-state index in [2.05, 4.69) is 22.6 Å². The summed E-state index contributed by atoms with van der Waals surface area (Å²) in [5, 5.41) is 7.39. The van der Waals surface area contributed by atoms with E-state index < -0.39 is 0 Å². The van der Waals surface area contributed by atoms with Crippen molar-refractivity contribution in [2.75, 3.05) is 0 Å². The van der Waals surface area contributed by atoms with E-state index in [1.54, 1.807) is 10.9 Å². The van der Waals surface area contributed by atoms with E-state index >= 15 is 0 Å². The Bertz CT molecular complexity index is 641. The maximum atomic E-state index is 12.1. The molecule has 110 valence electrons. The number of hydrogen-bond acceptors (Lipinski definition) is 3. The van der Waals surface area contributed by atoms with Crippen molar-refractivity contribution in [2.45, 2.75) is 25.8 Å². The summed E-state index contributed by atoms with van der Waals surface area (Å²) in [7, 11) is 1.87. The molecule has 1 atom stereocenters. The molecule has 2 aromatic heterocycles. The van der Waals surface area contributed by atoms with Crippen LogP contribution in [-0.4, -0.2) is 15.7 Å². The molecule has 2 heterocycles. The Hall–Kier alpha value is -2.30. The molecule has 0 radical (unpaired) electrons. The van der Waals surface area contributed by atoms with Crippen LogP contribution in [0.15, 0.2) is 41.0 Å². The average molecular weight is 285 g/mol. The Kier molecular flexibility index (Phi) is 3.90. The number of amides is 1. The fourth-order valence-electron chi connectivity index (χ4n) is 2.62. The molecule has 0 aliphatic heterocycles. The molecule has 5 heteroatoms. The summed E-state index contributed by atoms with van der Waals surface area (Å²) in [6.07, 6.45) is 8.63. The number of aromatic nitrogens is 2. The summed E-state index contributed by atoms with van der Waals surface area (Å²) in [5.41, 5.74) is 1.74. The van der Waals surface area contributed by atoms with Gasteiger partial charge in [0.1, 0.15) is 5.69 Å². The highest BCUT2D eigenvalue weighted by atomic mass is 16.3. The highest BCUT2D eigenvalue weighted by molar-refractivity contribution is 5.78. The van der Waals surface area contributed by atoms with Crippen molar-refractivity contribution in [2.24, 2.45) is 13.0 Å². The Balaban J connectivity index is 1.62. The van der Waals surface area contributed by atoms with E-state index in [1.807, 2.05) is 25.2 Å². The average Bonchev–Trinajstić information content (AvgIpc) is 3.15. The fourth-order valence-corrected chi connectivity index (χ4v) is 2.62. The van der Waals surface area contributed by atoms with Gasteiger partial charge in [0.05, 0.1) is 18.5 Å². The number of furan rings is 1. The number of carbonyl (C=O) groups is 1. The molecule has 0 saturated carbocycles. The third-order valence-corrected chi connectivity index (χ3v) is 3.79. The number of hydrogen-bond donors (Lipinski definition) is 1. The minimum Gasteiger partial charge on any atom is -0.463 e. The van der Waals surface area contributed by atoms with Crippen molar-refractivity contribution >= 4 is 5.91 Å². The minimum absolute atomic E-state index is 0.100. The van der Waals surface area contributed by atoms with Crippen molar-refractivity contribution in [1.82, 2.24) is 15.1 Å². The van der Waals surface area contributed by atoms with Gasteiger partial charge in [-0.25, -0.2) is 0 Å². The monoisotopic (exact) mass is 285 g/mol. The number of carbonyl (C=O) groups excluding carboxylic acids is 1. The molecule has 0 fully saturated rings. The largest absolute Gasteiger partial charge is 0.463 e. The van der Waals surface area contributed by atoms with Gasteiger partial charge in [-0.15, -0.1) is 0 Å². The number of allylic oxidation sites excluding steroid dienone is 2. The molecule has 0 bridgehead atoms. The van der Waals surface area contributed by atoms with Gasteiger partial charge in [-0.1, -0.05) is 12.2 Å². The van der Waals surface area contributed by atoms with Crippen LogP contribution in [0, 0.1) is 5.92 Å². The molecule has 0 spiro atoms. The first-order valence-electron chi connectivity index (χ1n) is 7.23. The molecular weight excluding hydrogens is 266 g/mol. The summed E-state index contributed by atoms with van der Waals surface area (Å²) in [6.45, 7) is 0.452. The summed E-state index contributed by atoms with van der Waals surface area (Å²) in [6, 6.07) is 5.69. The number of nitrogens with one attached hydrogen (secondary N) is 1. The standard InChI is InChI=1S/C16H19N3O2/c1-19-14(15-8-5-9-21-15)10-13(18-19)11-17-16(20)12-6-3-2-4-7-12/h2-3,5,8-10,12H,4,6-7,11H2,1H3,(H,17,20)/t12-/m1/s1. The molecule has 2 aromatic rings. The second-order valence-corrected chi connectivity index (χ2v) is 5.32. The van der Waals surface area contributed by atoms with Crippen molar-refractivity contribution in [3.63, 3.8) is 0 Å². The molecule has 5 nitrogen and oxygen atoms in total. The molecule has 1 aliphatic carbocycles. The van der Waals surface area contributed by atoms with Crippen LogP contribution in [0.1, 0.15) is 25.0 Å². The van der Waals surface area contributed by atoms with E-state index in [0.717, 1.165) is 36.4 Å². The zero-order valence-corrected chi connectivity index (χ0v) is 12.1. The maximum absolute atomic E-state index is 12.1. The number of aryl methyl sites for hydroxylation is 1. The van der Waals surface area contributed by atoms with Gasteiger partial charge in [0, 0.05) is 13.0 Å². The van der Waals surface area contributed by atoms with Crippen LogP contribution in [0.2, 0.25) is 0 Å². The number of nitrogens with zero attached hydrogens (tertiary/aromatic N) is 2. The maximum Gasteiger partial charge on any atom is 0.223 e. The van der Waals surface area contributed by atoms with Crippen molar-refractivity contribution in [1.29, 1.82) is 0 Å². The van der Waals surface area contributed by atoms with Gasteiger partial charge >= 0.3 is 0 Å². The molecule has 21 heavy (non-hydrogen) atoms. The molecular formula is C16H19N3O2. The van der Waals surface area contributed by atoms with Gasteiger partial charge in [0.25, 0.3) is 0 Å². The first kappa shape index (κ1) is 13.7. The highest BCUT2D eigenvalue weighted by Gasteiger charge is 2.18. The van der Waals surface area contributed by atoms with Crippen LogP contribution in [-0.2, 0) is 18.4 Å². The van der Waals surface area contributed by atoms with Gasteiger partial charge < -0.3 is 9.73 Å². The van der Waals surface area contributed by atoms with Crippen molar-refractivity contribution in [3.05, 3.63) is 42.3 Å². The normalized spacial score (nSPS) is 17.9. The predicted molar refractivity (Wildman–Crippen MR) is 79.2 cm³/mol. The third-order valence-electron chi connectivity index (χ3n) is 3.79. The molecule has 0 saturated heterocycles. The zero-order valence-electron chi connectivity index (χ0n) is 12.1. The Morgan fingerprint density at radius 3 is 3.14 bits per heavy atom. The molecule has 0 aromatic carbocycles. The van der Waals surface area contributed by atoms with Gasteiger partial charge in [-0.2, -0.15) is 5.10 Å². The Morgan fingerprint density at radius 2 is 2.43 bits per heavy atom. The van der Waals surface area contributed by atoms with Crippen LogP contribution in [0.25, 0.3) is 11.5 Å². The van der Waals surface area contributed by atoms with Crippen LogP contribution in [0.4, 0.5) is 0 Å². The first-order chi connectivity index (χ1) is 10.2. The van der Waals surface area contributed by atoms with Gasteiger partial charge in [0.2, 0.25) is 5.91 Å². The Morgan fingerprint density at radius 1 is 1.52 bits per heavy atom. The van der Waals surface area contributed by atoms with E-state index in [4.69, 9.17) is 4.42 Å². The van der Waals surface area contributed by atoms with E-state index in [9.17, 15) is 4.79 Å². The molecule has 1 amide bonds. The van der Waals surface area contributed by atoms with E-state index in [1.165, 1.54) is 0 Å². The first-order valence-corrected chi connectivity index (χ1v) is 7.23. The second kappa shape index (κ2) is 5.99. The van der Waals surface area contributed by atoms with Crippen LogP contribution >= 0.6 is 0 Å². The summed E-state index contributed by atoms with van der Waals surface area (Å²) < 4.78 is 7.15. The Labute approximate surface area is 123 Å². The van der Waals surface area contributed by atoms with E-state index in [-0.39, 0.29) is 11.8 Å². The topological polar surface area (TPSA) is 60.1 Å². The van der Waals surface area contributed by atoms with Crippen molar-refractivity contribution in [3.8, 4) is 11.5 Å². The molecule has 1 aliphatic rings. The lowest BCUT2D eigenvalue weighted by molar-refractivity contribution is -0.125. The lowest BCUT2D eigenvalue weighted by Crippen LogP contribution is -2.30. The third kappa shape index (κ3) is 3.07. The SMILES string of the molecule is Cn1nc(CNC(=O)[C@@H]2CC=CCC2)cc1-c1ccco1. The lowest BCUT2D eigenvalue weighted by Gasteiger charge is -2.16. The molecule has 0 unspecified atom stereocenters. The smallest absolute Gasteiger partial charge is 0.223 e. The van der Waals surface area contributed by atoms with Crippen molar-refractivity contribution < 1.29 is 9.21 Å². The zero-order chi connectivity index (χ0) is 14.7. The minimum atomic E-state index is 0.100. The highest BCUT2D eigenvalue weighted by Crippen LogP contribution is 2.21. The van der Waals surface area contributed by atoms with E-state index in [0.29, 0.717) is 6.54 Å². The second-order valence-electron chi connectivity index (χ2n) is 5.32. The molecule has 3 rings (SSSR count). The summed E-state index contributed by atoms with van der Waals surface area (Å²) >= 11 is 0. The molecule has 1 N–H and O–H groups in total. The van der Waals surface area contributed by atoms with Crippen LogP contribution < -0.4 is 5.32 Å².